The van der Waals surface area contributed by atoms with Crippen LogP contribution < -0.4 is 15.2 Å². The Labute approximate surface area is 174 Å². The third-order valence-corrected chi connectivity index (χ3v) is 4.33. The monoisotopic (exact) mass is 409 g/mol. The molecule has 0 aliphatic heterocycles. The third-order valence-electron chi connectivity index (χ3n) is 4.33. The van der Waals surface area contributed by atoms with E-state index in [9.17, 15) is 9.59 Å². The first-order chi connectivity index (χ1) is 14.5. The van der Waals surface area contributed by atoms with Crippen molar-refractivity contribution in [3.8, 4) is 11.5 Å². The number of esters is 1. The number of carbonyl (C=O) groups is 2. The van der Waals surface area contributed by atoms with Gasteiger partial charge in [0.1, 0.15) is 30.5 Å². The minimum Gasteiger partial charge on any atom is -0.492 e. The van der Waals surface area contributed by atoms with Gasteiger partial charge in [-0.3, -0.25) is 9.59 Å². The predicted octanol–water partition coefficient (Wildman–Crippen LogP) is 2.61. The Morgan fingerprint density at radius 2 is 1.80 bits per heavy atom. The van der Waals surface area contributed by atoms with E-state index in [1.807, 2.05) is 42.1 Å². The quantitative estimate of drug-likeness (QED) is 0.516. The Kier molecular flexibility index (Phi) is 7.05. The highest BCUT2D eigenvalue weighted by Gasteiger charge is 2.10. The number of rotatable bonds is 10. The fourth-order valence-electron chi connectivity index (χ4n) is 2.64. The van der Waals surface area contributed by atoms with Gasteiger partial charge >= 0.3 is 5.97 Å². The van der Waals surface area contributed by atoms with Gasteiger partial charge in [-0.2, -0.15) is 0 Å². The number of ether oxygens (including phenoxy) is 3. The number of benzene rings is 2. The smallest absolute Gasteiger partial charge is 0.309 e. The number of aromatic nitrogens is 2. The molecule has 1 aromatic heterocycles. The van der Waals surface area contributed by atoms with E-state index < -0.39 is 11.9 Å². The van der Waals surface area contributed by atoms with E-state index in [1.54, 1.807) is 30.5 Å². The normalized spacial score (nSPS) is 10.4. The molecule has 0 atom stereocenters. The molecule has 1 amide bonds. The van der Waals surface area contributed by atoms with Gasteiger partial charge in [0.25, 0.3) is 5.91 Å². The molecule has 2 N–H and O–H groups in total. The highest BCUT2D eigenvalue weighted by atomic mass is 16.5. The van der Waals surface area contributed by atoms with Crippen molar-refractivity contribution in [2.45, 2.75) is 19.6 Å². The first-order valence-electron chi connectivity index (χ1n) is 9.38. The maximum atomic E-state index is 11.9. The lowest BCUT2D eigenvalue weighted by atomic mass is 10.2. The van der Waals surface area contributed by atoms with Crippen LogP contribution in [0.1, 0.15) is 28.2 Å². The molecule has 0 spiro atoms. The highest BCUT2D eigenvalue weighted by molar-refractivity contribution is 5.95. The average Bonchev–Trinajstić information content (AvgIpc) is 3.16. The van der Waals surface area contributed by atoms with Gasteiger partial charge in [0.15, 0.2) is 0 Å². The molecular formula is C22H23N3O5. The number of imidazole rings is 1. The van der Waals surface area contributed by atoms with E-state index in [4.69, 9.17) is 19.9 Å². The second-order valence-electron chi connectivity index (χ2n) is 6.51. The molecule has 0 aliphatic rings. The molecule has 0 radical (unpaired) electrons. The second-order valence-corrected chi connectivity index (χ2v) is 6.51. The first-order valence-corrected chi connectivity index (χ1v) is 9.38. The van der Waals surface area contributed by atoms with Crippen LogP contribution >= 0.6 is 0 Å². The van der Waals surface area contributed by atoms with Crippen molar-refractivity contribution in [3.63, 3.8) is 0 Å². The third kappa shape index (κ3) is 5.84. The molecule has 0 unspecified atom stereocenters. The Morgan fingerprint density at radius 1 is 1.03 bits per heavy atom. The molecule has 30 heavy (non-hydrogen) atoms. The van der Waals surface area contributed by atoms with Crippen LogP contribution in [0.2, 0.25) is 0 Å². The Morgan fingerprint density at radius 3 is 2.50 bits per heavy atom. The zero-order valence-corrected chi connectivity index (χ0v) is 16.6. The Hall–Kier alpha value is -3.81. The summed E-state index contributed by atoms with van der Waals surface area (Å²) in [5.41, 5.74) is 6.41. The molecule has 0 fully saturated rings. The van der Waals surface area contributed by atoms with Crippen LogP contribution in [0.5, 0.6) is 11.5 Å². The molecule has 0 bridgehead atoms. The summed E-state index contributed by atoms with van der Waals surface area (Å²) in [5.74, 6) is 0.893. The van der Waals surface area contributed by atoms with Crippen LogP contribution in [0.3, 0.4) is 0 Å². The van der Waals surface area contributed by atoms with Crippen molar-refractivity contribution < 1.29 is 23.8 Å². The summed E-state index contributed by atoms with van der Waals surface area (Å²) >= 11 is 0. The number of carbonyl (C=O) groups excluding carboxylic acids is 2. The fourth-order valence-corrected chi connectivity index (χ4v) is 2.64. The lowest BCUT2D eigenvalue weighted by Crippen LogP contribution is -2.14. The zero-order valence-electron chi connectivity index (χ0n) is 16.6. The van der Waals surface area contributed by atoms with Crippen molar-refractivity contribution in [2.24, 2.45) is 12.8 Å². The van der Waals surface area contributed by atoms with Crippen molar-refractivity contribution in [1.82, 2.24) is 9.55 Å². The second kappa shape index (κ2) is 10.1. The summed E-state index contributed by atoms with van der Waals surface area (Å²) in [4.78, 5) is 27.5. The average molecular weight is 409 g/mol. The Balaban J connectivity index is 1.39. The fraction of sp³-hybridized carbons (Fsp3) is 0.227. The SMILES string of the molecule is Cn1ccnc1COc1ccc(COC(=O)CCOc2ccccc2C(N)=O)cc1. The largest absolute Gasteiger partial charge is 0.492 e. The summed E-state index contributed by atoms with van der Waals surface area (Å²) in [6.07, 6.45) is 3.63. The molecule has 8 heteroatoms. The molecule has 0 saturated heterocycles. The van der Waals surface area contributed by atoms with E-state index in [0.717, 1.165) is 11.4 Å². The van der Waals surface area contributed by atoms with Crippen molar-refractivity contribution >= 4 is 11.9 Å². The van der Waals surface area contributed by atoms with Gasteiger partial charge in [-0.1, -0.05) is 24.3 Å². The van der Waals surface area contributed by atoms with Crippen LogP contribution in [0, 0.1) is 0 Å². The summed E-state index contributed by atoms with van der Waals surface area (Å²) in [5, 5.41) is 0. The van der Waals surface area contributed by atoms with Gasteiger partial charge in [0.2, 0.25) is 0 Å². The van der Waals surface area contributed by atoms with E-state index in [1.165, 1.54) is 0 Å². The number of amides is 1. The maximum Gasteiger partial charge on any atom is 0.309 e. The summed E-state index contributed by atoms with van der Waals surface area (Å²) in [6, 6.07) is 13.9. The number of aryl methyl sites for hydroxylation is 1. The van der Waals surface area contributed by atoms with Crippen LogP contribution in [0.15, 0.2) is 60.9 Å². The van der Waals surface area contributed by atoms with Gasteiger partial charge in [0.05, 0.1) is 18.6 Å². The van der Waals surface area contributed by atoms with Gasteiger partial charge in [-0.05, 0) is 29.8 Å². The number of nitrogens with two attached hydrogens (primary N) is 1. The van der Waals surface area contributed by atoms with E-state index in [2.05, 4.69) is 4.98 Å². The van der Waals surface area contributed by atoms with E-state index in [0.29, 0.717) is 18.1 Å². The van der Waals surface area contributed by atoms with E-state index in [-0.39, 0.29) is 25.2 Å². The van der Waals surface area contributed by atoms with Crippen molar-refractivity contribution in [1.29, 1.82) is 0 Å². The van der Waals surface area contributed by atoms with Gasteiger partial charge in [-0.15, -0.1) is 0 Å². The topological polar surface area (TPSA) is 106 Å². The molecule has 0 saturated carbocycles. The summed E-state index contributed by atoms with van der Waals surface area (Å²) in [6.45, 7) is 0.607. The molecule has 1 heterocycles. The van der Waals surface area contributed by atoms with Crippen LogP contribution in [-0.4, -0.2) is 28.0 Å². The molecule has 0 aliphatic carbocycles. The molecule has 2 aromatic carbocycles. The highest BCUT2D eigenvalue weighted by Crippen LogP contribution is 2.18. The zero-order chi connectivity index (χ0) is 21.3. The molecular weight excluding hydrogens is 386 g/mol. The molecule has 156 valence electrons. The van der Waals surface area contributed by atoms with Crippen LogP contribution in [0.4, 0.5) is 0 Å². The van der Waals surface area contributed by atoms with Crippen LogP contribution in [-0.2, 0) is 29.8 Å². The lowest BCUT2D eigenvalue weighted by Gasteiger charge is -2.10. The molecule has 8 nitrogen and oxygen atoms in total. The van der Waals surface area contributed by atoms with E-state index >= 15 is 0 Å². The van der Waals surface area contributed by atoms with Crippen molar-refractivity contribution in [2.75, 3.05) is 6.61 Å². The molecule has 3 aromatic rings. The lowest BCUT2D eigenvalue weighted by molar-refractivity contribution is -0.145. The Bertz CT molecular complexity index is 998. The number of primary amides is 1. The van der Waals surface area contributed by atoms with Gasteiger partial charge in [0, 0.05) is 19.4 Å². The minimum atomic E-state index is -0.583. The van der Waals surface area contributed by atoms with Crippen LogP contribution in [0.25, 0.3) is 0 Å². The number of nitrogens with zero attached hydrogens (tertiary/aromatic N) is 2. The number of para-hydroxylation sites is 1. The van der Waals surface area contributed by atoms with Gasteiger partial charge in [-0.25, -0.2) is 4.98 Å². The standard InChI is InChI=1S/C22H23N3O5/c1-25-12-11-24-20(25)15-29-17-8-6-16(7-9-17)14-30-21(26)10-13-28-19-5-3-2-4-18(19)22(23)27/h2-9,11-12H,10,13-15H2,1H3,(H2,23,27). The van der Waals surface area contributed by atoms with Crippen molar-refractivity contribution in [3.05, 3.63) is 77.9 Å². The number of hydrogen-bond acceptors (Lipinski definition) is 6. The maximum absolute atomic E-state index is 11.9. The minimum absolute atomic E-state index is 0.0535. The summed E-state index contributed by atoms with van der Waals surface area (Å²) < 4.78 is 18.3. The molecule has 3 rings (SSSR count). The van der Waals surface area contributed by atoms with Gasteiger partial charge < -0.3 is 24.5 Å². The first kappa shape index (κ1) is 20.9. The predicted molar refractivity (Wildman–Crippen MR) is 109 cm³/mol. The summed E-state index contributed by atoms with van der Waals surface area (Å²) in [7, 11) is 1.91. The number of hydrogen-bond donors (Lipinski definition) is 1.